The first-order chi connectivity index (χ1) is 6.95. The van der Waals surface area contributed by atoms with Gasteiger partial charge in [0.1, 0.15) is 0 Å². The summed E-state index contributed by atoms with van der Waals surface area (Å²) in [6.07, 6.45) is 3.98. The van der Waals surface area contributed by atoms with Gasteiger partial charge in [0.05, 0.1) is 6.61 Å². The van der Waals surface area contributed by atoms with E-state index in [4.69, 9.17) is 4.74 Å². The SMILES string of the molecule is C1CNCC(CNCC2CCOC2)C1. The molecule has 14 heavy (non-hydrogen) atoms. The van der Waals surface area contributed by atoms with E-state index in [1.54, 1.807) is 0 Å². The zero-order valence-electron chi connectivity index (χ0n) is 8.93. The fourth-order valence-corrected chi connectivity index (χ4v) is 2.33. The third-order valence-electron chi connectivity index (χ3n) is 3.29. The lowest BCUT2D eigenvalue weighted by molar-refractivity contribution is 0.184. The van der Waals surface area contributed by atoms with Crippen molar-refractivity contribution in [1.82, 2.24) is 10.6 Å². The minimum Gasteiger partial charge on any atom is -0.381 e. The van der Waals surface area contributed by atoms with Crippen molar-refractivity contribution in [3.8, 4) is 0 Å². The van der Waals surface area contributed by atoms with Crippen LogP contribution in [0.1, 0.15) is 19.3 Å². The van der Waals surface area contributed by atoms with Crippen LogP contribution in [0.25, 0.3) is 0 Å². The largest absolute Gasteiger partial charge is 0.381 e. The molecule has 2 rings (SSSR count). The van der Waals surface area contributed by atoms with Gasteiger partial charge in [0.2, 0.25) is 0 Å². The van der Waals surface area contributed by atoms with Crippen molar-refractivity contribution in [1.29, 1.82) is 0 Å². The number of piperidine rings is 1. The van der Waals surface area contributed by atoms with Crippen LogP contribution >= 0.6 is 0 Å². The Bertz CT molecular complexity index is 151. The van der Waals surface area contributed by atoms with Crippen LogP contribution in [-0.2, 0) is 4.74 Å². The molecule has 0 radical (unpaired) electrons. The summed E-state index contributed by atoms with van der Waals surface area (Å²) in [6, 6.07) is 0. The predicted octanol–water partition coefficient (Wildman–Crippen LogP) is 0.612. The van der Waals surface area contributed by atoms with Crippen LogP contribution in [0.15, 0.2) is 0 Å². The Balaban J connectivity index is 1.52. The lowest BCUT2D eigenvalue weighted by atomic mass is 9.99. The number of rotatable bonds is 4. The van der Waals surface area contributed by atoms with Crippen LogP contribution in [0, 0.1) is 11.8 Å². The van der Waals surface area contributed by atoms with E-state index in [0.29, 0.717) is 0 Å². The van der Waals surface area contributed by atoms with Gasteiger partial charge >= 0.3 is 0 Å². The highest BCUT2D eigenvalue weighted by Crippen LogP contribution is 2.12. The van der Waals surface area contributed by atoms with Gasteiger partial charge in [-0.05, 0) is 50.7 Å². The van der Waals surface area contributed by atoms with Crippen LogP contribution in [0.5, 0.6) is 0 Å². The second kappa shape index (κ2) is 5.69. The molecule has 0 saturated carbocycles. The second-order valence-electron chi connectivity index (χ2n) is 4.60. The smallest absolute Gasteiger partial charge is 0.0507 e. The standard InChI is InChI=1S/C11H22N2O/c1-2-10(6-12-4-1)7-13-8-11-3-5-14-9-11/h10-13H,1-9H2. The molecule has 3 nitrogen and oxygen atoms in total. The Kier molecular flexibility index (Phi) is 4.22. The molecule has 2 heterocycles. The van der Waals surface area contributed by atoms with Gasteiger partial charge in [-0.15, -0.1) is 0 Å². The molecule has 0 aromatic heterocycles. The summed E-state index contributed by atoms with van der Waals surface area (Å²) in [6.45, 7) is 6.69. The van der Waals surface area contributed by atoms with Crippen LogP contribution in [0.2, 0.25) is 0 Å². The number of hydrogen-bond donors (Lipinski definition) is 2. The number of hydrogen-bond acceptors (Lipinski definition) is 3. The van der Waals surface area contributed by atoms with Gasteiger partial charge in [-0.25, -0.2) is 0 Å². The van der Waals surface area contributed by atoms with E-state index in [1.807, 2.05) is 0 Å². The second-order valence-corrected chi connectivity index (χ2v) is 4.60. The molecule has 0 aromatic rings. The van der Waals surface area contributed by atoms with Crippen LogP contribution < -0.4 is 10.6 Å². The molecule has 2 aliphatic rings. The van der Waals surface area contributed by atoms with Gasteiger partial charge in [-0.1, -0.05) is 0 Å². The Hall–Kier alpha value is -0.120. The van der Waals surface area contributed by atoms with Crippen LogP contribution in [0.4, 0.5) is 0 Å². The molecule has 3 heteroatoms. The topological polar surface area (TPSA) is 33.3 Å². The minimum atomic E-state index is 0.770. The van der Waals surface area contributed by atoms with E-state index in [1.165, 1.54) is 38.9 Å². The molecule has 2 unspecified atom stereocenters. The maximum Gasteiger partial charge on any atom is 0.0507 e. The first-order valence-corrected chi connectivity index (χ1v) is 5.94. The summed E-state index contributed by atoms with van der Waals surface area (Å²) in [4.78, 5) is 0. The normalized spacial score (nSPS) is 33.4. The van der Waals surface area contributed by atoms with E-state index in [2.05, 4.69) is 10.6 Å². The van der Waals surface area contributed by atoms with E-state index in [9.17, 15) is 0 Å². The molecular formula is C11H22N2O. The average Bonchev–Trinajstić information content (AvgIpc) is 2.72. The highest BCUT2D eigenvalue weighted by molar-refractivity contribution is 4.73. The van der Waals surface area contributed by atoms with E-state index in [0.717, 1.165) is 31.6 Å². The van der Waals surface area contributed by atoms with Gasteiger partial charge in [0.15, 0.2) is 0 Å². The molecule has 2 aliphatic heterocycles. The summed E-state index contributed by atoms with van der Waals surface area (Å²) in [5.41, 5.74) is 0. The van der Waals surface area contributed by atoms with Gasteiger partial charge < -0.3 is 15.4 Å². The van der Waals surface area contributed by atoms with Crippen molar-refractivity contribution in [2.45, 2.75) is 19.3 Å². The quantitative estimate of drug-likeness (QED) is 0.694. The molecule has 82 valence electrons. The maximum atomic E-state index is 5.35. The van der Waals surface area contributed by atoms with Crippen LogP contribution in [0.3, 0.4) is 0 Å². The van der Waals surface area contributed by atoms with Crippen LogP contribution in [-0.4, -0.2) is 39.4 Å². The van der Waals surface area contributed by atoms with Gasteiger partial charge in [0, 0.05) is 13.2 Å². The lowest BCUT2D eigenvalue weighted by Crippen LogP contribution is -2.37. The fourth-order valence-electron chi connectivity index (χ4n) is 2.33. The highest BCUT2D eigenvalue weighted by Gasteiger charge is 2.16. The maximum absolute atomic E-state index is 5.35. The first kappa shape index (κ1) is 10.4. The van der Waals surface area contributed by atoms with E-state index >= 15 is 0 Å². The van der Waals surface area contributed by atoms with E-state index in [-0.39, 0.29) is 0 Å². The average molecular weight is 198 g/mol. The molecule has 0 amide bonds. The molecule has 2 saturated heterocycles. The Morgan fingerprint density at radius 2 is 2.14 bits per heavy atom. The van der Waals surface area contributed by atoms with Crippen molar-refractivity contribution in [2.75, 3.05) is 39.4 Å². The molecule has 0 aliphatic carbocycles. The Labute approximate surface area is 86.6 Å². The first-order valence-electron chi connectivity index (χ1n) is 5.94. The summed E-state index contributed by atoms with van der Waals surface area (Å²) < 4.78 is 5.35. The molecular weight excluding hydrogens is 176 g/mol. The molecule has 2 fully saturated rings. The zero-order chi connectivity index (χ0) is 9.64. The van der Waals surface area contributed by atoms with Gasteiger partial charge in [-0.2, -0.15) is 0 Å². The molecule has 0 spiro atoms. The number of ether oxygens (including phenoxy) is 1. The summed E-state index contributed by atoms with van der Waals surface area (Å²) >= 11 is 0. The lowest BCUT2D eigenvalue weighted by Gasteiger charge is -2.23. The predicted molar refractivity (Wildman–Crippen MR) is 57.4 cm³/mol. The minimum absolute atomic E-state index is 0.770. The number of nitrogens with one attached hydrogen (secondary N) is 2. The third kappa shape index (κ3) is 3.23. The third-order valence-corrected chi connectivity index (χ3v) is 3.29. The Morgan fingerprint density at radius 1 is 1.21 bits per heavy atom. The Morgan fingerprint density at radius 3 is 2.86 bits per heavy atom. The van der Waals surface area contributed by atoms with Crippen molar-refractivity contribution >= 4 is 0 Å². The van der Waals surface area contributed by atoms with Gasteiger partial charge in [-0.3, -0.25) is 0 Å². The van der Waals surface area contributed by atoms with Gasteiger partial charge in [0.25, 0.3) is 0 Å². The van der Waals surface area contributed by atoms with Crippen molar-refractivity contribution in [3.05, 3.63) is 0 Å². The van der Waals surface area contributed by atoms with Crippen molar-refractivity contribution < 1.29 is 4.74 Å². The summed E-state index contributed by atoms with van der Waals surface area (Å²) in [7, 11) is 0. The summed E-state index contributed by atoms with van der Waals surface area (Å²) in [5, 5.41) is 7.03. The molecule has 0 aromatic carbocycles. The zero-order valence-corrected chi connectivity index (χ0v) is 8.93. The fraction of sp³-hybridized carbons (Fsp3) is 1.00. The monoisotopic (exact) mass is 198 g/mol. The molecule has 0 bridgehead atoms. The van der Waals surface area contributed by atoms with Crippen molar-refractivity contribution in [3.63, 3.8) is 0 Å². The summed E-state index contributed by atoms with van der Waals surface area (Å²) in [5.74, 6) is 1.62. The highest BCUT2D eigenvalue weighted by atomic mass is 16.5. The van der Waals surface area contributed by atoms with Crippen molar-refractivity contribution in [2.24, 2.45) is 11.8 Å². The molecule has 2 atom stereocenters. The van der Waals surface area contributed by atoms with E-state index < -0.39 is 0 Å². The molecule has 2 N–H and O–H groups in total.